The summed E-state index contributed by atoms with van der Waals surface area (Å²) >= 11 is 2.61. The minimum atomic E-state index is -0.912. The quantitative estimate of drug-likeness (QED) is 0.852. The molecular formula is C11H13N3O2S2. The first kappa shape index (κ1) is 13.0. The third-order valence-electron chi connectivity index (χ3n) is 2.28. The first-order valence-corrected chi connectivity index (χ1v) is 7.21. The van der Waals surface area contributed by atoms with Crippen LogP contribution in [-0.2, 0) is 11.2 Å². The topological polar surface area (TPSA) is 75.1 Å². The van der Waals surface area contributed by atoms with Crippen LogP contribution in [0.15, 0.2) is 17.5 Å². The molecule has 0 aromatic carbocycles. The summed E-state index contributed by atoms with van der Waals surface area (Å²) in [6, 6.07) is 2.87. The second-order valence-corrected chi connectivity index (χ2v) is 5.43. The molecule has 96 valence electrons. The fourth-order valence-electron chi connectivity index (χ4n) is 1.47. The molecule has 1 atom stereocenters. The highest BCUT2D eigenvalue weighted by atomic mass is 32.1. The number of carboxylic acids is 1. The number of anilines is 1. The van der Waals surface area contributed by atoms with Crippen molar-refractivity contribution in [1.82, 2.24) is 9.36 Å². The van der Waals surface area contributed by atoms with E-state index in [1.54, 1.807) is 6.07 Å². The van der Waals surface area contributed by atoms with Crippen LogP contribution in [0.25, 0.3) is 0 Å². The van der Waals surface area contributed by atoms with Crippen LogP contribution in [-0.4, -0.2) is 20.4 Å². The zero-order valence-electron chi connectivity index (χ0n) is 9.79. The van der Waals surface area contributed by atoms with Crippen molar-refractivity contribution in [2.45, 2.75) is 25.8 Å². The number of carboxylic acid groups (broad SMARTS) is 1. The second kappa shape index (κ2) is 5.92. The average Bonchev–Trinajstić information content (AvgIpc) is 2.96. The predicted molar refractivity (Wildman–Crippen MR) is 72.2 cm³/mol. The summed E-state index contributed by atoms with van der Waals surface area (Å²) in [5.41, 5.74) is 0. The van der Waals surface area contributed by atoms with E-state index in [0.717, 1.165) is 23.5 Å². The highest BCUT2D eigenvalue weighted by Gasteiger charge is 2.22. The van der Waals surface area contributed by atoms with E-state index < -0.39 is 12.0 Å². The number of carbonyl (C=O) groups is 1. The summed E-state index contributed by atoms with van der Waals surface area (Å²) < 4.78 is 4.18. The van der Waals surface area contributed by atoms with Crippen molar-refractivity contribution >= 4 is 34.0 Å². The Labute approximate surface area is 113 Å². The van der Waals surface area contributed by atoms with E-state index in [2.05, 4.69) is 21.6 Å². The van der Waals surface area contributed by atoms with E-state index in [0.29, 0.717) is 5.13 Å². The Kier molecular flexibility index (Phi) is 4.27. The molecule has 0 amide bonds. The number of rotatable bonds is 6. The molecular weight excluding hydrogens is 270 g/mol. The first-order chi connectivity index (χ1) is 8.70. The highest BCUT2D eigenvalue weighted by Crippen LogP contribution is 2.24. The Balaban J connectivity index is 2.11. The number of aliphatic carboxylic acids is 1. The molecule has 2 heterocycles. The van der Waals surface area contributed by atoms with Gasteiger partial charge >= 0.3 is 5.97 Å². The molecule has 1 unspecified atom stereocenters. The molecule has 0 saturated heterocycles. The van der Waals surface area contributed by atoms with Crippen molar-refractivity contribution in [2.75, 3.05) is 5.32 Å². The molecule has 0 bridgehead atoms. The van der Waals surface area contributed by atoms with Gasteiger partial charge in [0.15, 0.2) is 6.04 Å². The molecule has 2 aromatic heterocycles. The van der Waals surface area contributed by atoms with Crippen molar-refractivity contribution < 1.29 is 9.90 Å². The van der Waals surface area contributed by atoms with Crippen LogP contribution in [0.3, 0.4) is 0 Å². The molecule has 0 aliphatic rings. The minimum Gasteiger partial charge on any atom is -0.479 e. The molecule has 0 radical (unpaired) electrons. The molecule has 0 spiro atoms. The third-order valence-corrected chi connectivity index (χ3v) is 3.91. The Bertz CT molecular complexity index is 510. The van der Waals surface area contributed by atoms with Gasteiger partial charge in [-0.2, -0.15) is 4.37 Å². The fraction of sp³-hybridized carbons (Fsp3) is 0.364. The predicted octanol–water partition coefficient (Wildman–Crippen LogP) is 2.79. The Morgan fingerprint density at radius 3 is 3.06 bits per heavy atom. The zero-order chi connectivity index (χ0) is 13.0. The van der Waals surface area contributed by atoms with E-state index in [4.69, 9.17) is 0 Å². The number of nitrogens with zero attached hydrogens (tertiary/aromatic N) is 2. The molecule has 7 heteroatoms. The molecule has 18 heavy (non-hydrogen) atoms. The Morgan fingerprint density at radius 1 is 1.61 bits per heavy atom. The highest BCUT2D eigenvalue weighted by molar-refractivity contribution is 7.10. The number of hydrogen-bond acceptors (Lipinski definition) is 6. The summed E-state index contributed by atoms with van der Waals surface area (Å²) in [5.74, 6) is -0.148. The van der Waals surface area contributed by atoms with Gasteiger partial charge in [-0.15, -0.1) is 11.3 Å². The maximum absolute atomic E-state index is 11.2. The van der Waals surface area contributed by atoms with Crippen LogP contribution in [0.4, 0.5) is 5.13 Å². The lowest BCUT2D eigenvalue weighted by molar-refractivity contribution is -0.138. The van der Waals surface area contributed by atoms with Crippen molar-refractivity contribution in [3.05, 3.63) is 28.2 Å². The van der Waals surface area contributed by atoms with Crippen molar-refractivity contribution in [3.63, 3.8) is 0 Å². The molecule has 0 fully saturated rings. The van der Waals surface area contributed by atoms with E-state index in [-0.39, 0.29) is 0 Å². The van der Waals surface area contributed by atoms with Crippen LogP contribution in [0.2, 0.25) is 0 Å². The van der Waals surface area contributed by atoms with Gasteiger partial charge in [0.05, 0.1) is 0 Å². The lowest BCUT2D eigenvalue weighted by atomic mass is 10.2. The SMILES string of the molecule is CCCc1nsc(NC(C(=O)O)c2cccs2)n1. The normalized spacial score (nSPS) is 12.3. The van der Waals surface area contributed by atoms with Gasteiger partial charge < -0.3 is 10.4 Å². The van der Waals surface area contributed by atoms with Crippen LogP contribution in [0, 0.1) is 0 Å². The first-order valence-electron chi connectivity index (χ1n) is 5.56. The zero-order valence-corrected chi connectivity index (χ0v) is 11.4. The smallest absolute Gasteiger partial charge is 0.331 e. The molecule has 2 rings (SSSR count). The fourth-order valence-corrected chi connectivity index (χ4v) is 2.88. The monoisotopic (exact) mass is 283 g/mol. The van der Waals surface area contributed by atoms with Gasteiger partial charge in [-0.25, -0.2) is 9.78 Å². The van der Waals surface area contributed by atoms with Gasteiger partial charge in [0.25, 0.3) is 0 Å². The van der Waals surface area contributed by atoms with Crippen molar-refractivity contribution in [1.29, 1.82) is 0 Å². The van der Waals surface area contributed by atoms with E-state index >= 15 is 0 Å². The number of aryl methyl sites for hydroxylation is 1. The van der Waals surface area contributed by atoms with Gasteiger partial charge in [0.1, 0.15) is 5.82 Å². The largest absolute Gasteiger partial charge is 0.479 e. The van der Waals surface area contributed by atoms with E-state index in [1.807, 2.05) is 11.4 Å². The van der Waals surface area contributed by atoms with E-state index in [9.17, 15) is 9.90 Å². The van der Waals surface area contributed by atoms with Gasteiger partial charge in [-0.1, -0.05) is 13.0 Å². The molecule has 0 aliphatic heterocycles. The molecule has 2 aromatic rings. The van der Waals surface area contributed by atoms with Gasteiger partial charge in [0, 0.05) is 22.8 Å². The Hall–Kier alpha value is -1.47. The summed E-state index contributed by atoms with van der Waals surface area (Å²) in [7, 11) is 0. The van der Waals surface area contributed by atoms with Gasteiger partial charge in [0.2, 0.25) is 5.13 Å². The minimum absolute atomic E-state index is 0.555. The summed E-state index contributed by atoms with van der Waals surface area (Å²) in [6.45, 7) is 2.06. The van der Waals surface area contributed by atoms with Crippen LogP contribution in [0.1, 0.15) is 30.1 Å². The summed E-state index contributed by atoms with van der Waals surface area (Å²) in [4.78, 5) is 16.3. The third kappa shape index (κ3) is 3.05. The van der Waals surface area contributed by atoms with Gasteiger partial charge in [-0.3, -0.25) is 0 Å². The lowest BCUT2D eigenvalue weighted by Gasteiger charge is -2.10. The Morgan fingerprint density at radius 2 is 2.44 bits per heavy atom. The molecule has 0 aliphatic carbocycles. The second-order valence-electron chi connectivity index (χ2n) is 3.70. The number of aromatic nitrogens is 2. The standard InChI is InChI=1S/C11H13N3O2S2/c1-2-4-8-12-11(18-14-8)13-9(10(15)16)7-5-3-6-17-7/h3,5-6,9H,2,4H2,1H3,(H,15,16)(H,12,13,14). The lowest BCUT2D eigenvalue weighted by Crippen LogP contribution is -2.19. The molecule has 0 saturated carbocycles. The van der Waals surface area contributed by atoms with Crippen LogP contribution in [0.5, 0.6) is 0 Å². The van der Waals surface area contributed by atoms with Crippen molar-refractivity contribution in [2.24, 2.45) is 0 Å². The number of thiophene rings is 1. The van der Waals surface area contributed by atoms with Crippen molar-refractivity contribution in [3.8, 4) is 0 Å². The van der Waals surface area contributed by atoms with Gasteiger partial charge in [-0.05, 0) is 17.9 Å². The maximum atomic E-state index is 11.2. The summed E-state index contributed by atoms with van der Waals surface area (Å²) in [5, 5.41) is 14.5. The number of nitrogens with one attached hydrogen (secondary N) is 1. The maximum Gasteiger partial charge on any atom is 0.331 e. The average molecular weight is 283 g/mol. The molecule has 5 nitrogen and oxygen atoms in total. The summed E-state index contributed by atoms with van der Waals surface area (Å²) in [6.07, 6.45) is 1.79. The van der Waals surface area contributed by atoms with Crippen LogP contribution >= 0.6 is 22.9 Å². The van der Waals surface area contributed by atoms with E-state index in [1.165, 1.54) is 22.9 Å². The van der Waals surface area contributed by atoms with Crippen LogP contribution < -0.4 is 5.32 Å². The number of hydrogen-bond donors (Lipinski definition) is 2. The molecule has 2 N–H and O–H groups in total.